The Kier molecular flexibility index (Phi) is 3.86. The molecule has 0 aliphatic carbocycles. The molecule has 2 aromatic rings. The van der Waals surface area contributed by atoms with Gasteiger partial charge in [-0.05, 0) is 47.6 Å². The number of hydrogen-bond acceptors (Lipinski definition) is 2. The van der Waals surface area contributed by atoms with Crippen molar-refractivity contribution in [3.8, 4) is 5.69 Å². The maximum atomic E-state index is 6.27. The molecule has 1 N–H and O–H groups in total. The van der Waals surface area contributed by atoms with E-state index in [0.717, 1.165) is 15.7 Å². The van der Waals surface area contributed by atoms with E-state index in [4.69, 9.17) is 11.6 Å². The fourth-order valence-corrected chi connectivity index (χ4v) is 2.14. The van der Waals surface area contributed by atoms with Gasteiger partial charge in [0.25, 0.3) is 0 Å². The second kappa shape index (κ2) is 5.21. The van der Waals surface area contributed by atoms with Crippen molar-refractivity contribution in [3.63, 3.8) is 0 Å². The Morgan fingerprint density at radius 2 is 2.24 bits per heavy atom. The topological polar surface area (TPSA) is 29.9 Å². The van der Waals surface area contributed by atoms with Crippen LogP contribution in [0.5, 0.6) is 0 Å². The molecule has 0 spiro atoms. The number of nitrogens with zero attached hydrogens (tertiary/aromatic N) is 2. The first-order chi connectivity index (χ1) is 8.11. The van der Waals surface area contributed by atoms with Gasteiger partial charge in [0.05, 0.1) is 21.4 Å². The maximum Gasteiger partial charge on any atom is 0.0832 e. The molecule has 0 saturated carbocycles. The van der Waals surface area contributed by atoms with E-state index in [-0.39, 0.29) is 6.04 Å². The van der Waals surface area contributed by atoms with Gasteiger partial charge in [-0.3, -0.25) is 0 Å². The molecule has 0 radical (unpaired) electrons. The summed E-state index contributed by atoms with van der Waals surface area (Å²) < 4.78 is 2.68. The minimum absolute atomic E-state index is 0.283. The highest BCUT2D eigenvalue weighted by atomic mass is 79.9. The summed E-state index contributed by atoms with van der Waals surface area (Å²) in [5, 5.41) is 8.09. The lowest BCUT2D eigenvalue weighted by Gasteiger charge is -2.12. The third-order valence-corrected chi connectivity index (χ3v) is 3.41. The standard InChI is InChI=1S/C12H13BrClN3/c1-8(15-2)9-3-4-12(11(14)5-9)17-7-10(13)6-16-17/h3-8,15H,1-2H3. The molecular formula is C12H13BrClN3. The van der Waals surface area contributed by atoms with Gasteiger partial charge in [0.2, 0.25) is 0 Å². The van der Waals surface area contributed by atoms with Crippen LogP contribution in [0.3, 0.4) is 0 Å². The van der Waals surface area contributed by atoms with Gasteiger partial charge in [0.15, 0.2) is 0 Å². The van der Waals surface area contributed by atoms with Crippen LogP contribution in [0.4, 0.5) is 0 Å². The Morgan fingerprint density at radius 3 is 2.76 bits per heavy atom. The zero-order valence-corrected chi connectivity index (χ0v) is 12.0. The minimum Gasteiger partial charge on any atom is -0.313 e. The monoisotopic (exact) mass is 313 g/mol. The van der Waals surface area contributed by atoms with Crippen LogP contribution in [-0.2, 0) is 0 Å². The Morgan fingerprint density at radius 1 is 1.47 bits per heavy atom. The predicted octanol–water partition coefficient (Wildman–Crippen LogP) is 3.57. The SMILES string of the molecule is CNC(C)c1ccc(-n2cc(Br)cn2)c(Cl)c1. The van der Waals surface area contributed by atoms with Gasteiger partial charge >= 0.3 is 0 Å². The summed E-state index contributed by atoms with van der Waals surface area (Å²) in [7, 11) is 1.93. The van der Waals surface area contributed by atoms with Crippen LogP contribution < -0.4 is 5.32 Å². The lowest BCUT2D eigenvalue weighted by atomic mass is 10.1. The predicted molar refractivity (Wildman–Crippen MR) is 73.7 cm³/mol. The summed E-state index contributed by atoms with van der Waals surface area (Å²) >= 11 is 9.64. The van der Waals surface area contributed by atoms with Crippen LogP contribution in [0.2, 0.25) is 5.02 Å². The summed E-state index contributed by atoms with van der Waals surface area (Å²) in [6.45, 7) is 2.09. The number of aromatic nitrogens is 2. The summed E-state index contributed by atoms with van der Waals surface area (Å²) in [5.74, 6) is 0. The van der Waals surface area contributed by atoms with Crippen LogP contribution in [0.25, 0.3) is 5.69 Å². The molecule has 0 saturated heterocycles. The molecule has 0 amide bonds. The molecule has 3 nitrogen and oxygen atoms in total. The zero-order chi connectivity index (χ0) is 12.4. The second-order valence-corrected chi connectivity index (χ2v) is 5.15. The summed E-state index contributed by atoms with van der Waals surface area (Å²) in [6, 6.07) is 6.28. The molecule has 1 heterocycles. The smallest absolute Gasteiger partial charge is 0.0832 e. The summed E-state index contributed by atoms with van der Waals surface area (Å²) in [5.41, 5.74) is 2.04. The Labute approximate surface area is 114 Å². The van der Waals surface area contributed by atoms with Crippen molar-refractivity contribution in [1.29, 1.82) is 0 Å². The fraction of sp³-hybridized carbons (Fsp3) is 0.250. The Hall–Kier alpha value is -0.840. The lowest BCUT2D eigenvalue weighted by Crippen LogP contribution is -2.12. The van der Waals surface area contributed by atoms with Crippen molar-refractivity contribution in [1.82, 2.24) is 15.1 Å². The molecule has 0 fully saturated rings. The van der Waals surface area contributed by atoms with Crippen LogP contribution in [0, 0.1) is 0 Å². The van der Waals surface area contributed by atoms with E-state index in [1.54, 1.807) is 10.9 Å². The van der Waals surface area contributed by atoms with Crippen LogP contribution in [0.15, 0.2) is 35.1 Å². The van der Waals surface area contributed by atoms with Crippen molar-refractivity contribution in [3.05, 3.63) is 45.7 Å². The molecular weight excluding hydrogens is 302 g/mol. The lowest BCUT2D eigenvalue weighted by molar-refractivity contribution is 0.652. The first kappa shape index (κ1) is 12.6. The van der Waals surface area contributed by atoms with E-state index in [1.165, 1.54) is 0 Å². The fourth-order valence-electron chi connectivity index (χ4n) is 1.58. The number of rotatable bonds is 3. The Bertz CT molecular complexity index is 524. The van der Waals surface area contributed by atoms with Crippen molar-refractivity contribution in [2.45, 2.75) is 13.0 Å². The van der Waals surface area contributed by atoms with Gasteiger partial charge in [-0.2, -0.15) is 5.10 Å². The maximum absolute atomic E-state index is 6.27. The molecule has 2 rings (SSSR count). The highest BCUT2D eigenvalue weighted by molar-refractivity contribution is 9.10. The Balaban J connectivity index is 2.38. The zero-order valence-electron chi connectivity index (χ0n) is 9.61. The summed E-state index contributed by atoms with van der Waals surface area (Å²) in [6.07, 6.45) is 3.61. The van der Waals surface area contributed by atoms with E-state index >= 15 is 0 Å². The van der Waals surface area contributed by atoms with Gasteiger partial charge in [-0.25, -0.2) is 4.68 Å². The van der Waals surface area contributed by atoms with Crippen molar-refractivity contribution < 1.29 is 0 Å². The summed E-state index contributed by atoms with van der Waals surface area (Å²) in [4.78, 5) is 0. The number of hydrogen-bond donors (Lipinski definition) is 1. The number of halogens is 2. The van der Waals surface area contributed by atoms with E-state index in [1.807, 2.05) is 25.4 Å². The van der Waals surface area contributed by atoms with Crippen molar-refractivity contribution >= 4 is 27.5 Å². The molecule has 5 heteroatoms. The van der Waals surface area contributed by atoms with Crippen molar-refractivity contribution in [2.75, 3.05) is 7.05 Å². The van der Waals surface area contributed by atoms with E-state index < -0.39 is 0 Å². The highest BCUT2D eigenvalue weighted by Crippen LogP contribution is 2.25. The molecule has 90 valence electrons. The highest BCUT2D eigenvalue weighted by Gasteiger charge is 2.08. The third-order valence-electron chi connectivity index (χ3n) is 2.70. The molecule has 1 aromatic heterocycles. The molecule has 17 heavy (non-hydrogen) atoms. The van der Waals surface area contributed by atoms with E-state index in [9.17, 15) is 0 Å². The van der Waals surface area contributed by atoms with Gasteiger partial charge in [0.1, 0.15) is 0 Å². The molecule has 1 unspecified atom stereocenters. The second-order valence-electron chi connectivity index (χ2n) is 3.82. The molecule has 0 aliphatic heterocycles. The van der Waals surface area contributed by atoms with E-state index in [2.05, 4.69) is 39.3 Å². The third kappa shape index (κ3) is 2.70. The quantitative estimate of drug-likeness (QED) is 0.938. The van der Waals surface area contributed by atoms with Gasteiger partial charge in [-0.1, -0.05) is 17.7 Å². The largest absolute Gasteiger partial charge is 0.313 e. The average Bonchev–Trinajstić information content (AvgIpc) is 2.74. The minimum atomic E-state index is 0.283. The van der Waals surface area contributed by atoms with Crippen LogP contribution in [0.1, 0.15) is 18.5 Å². The van der Waals surface area contributed by atoms with Crippen molar-refractivity contribution in [2.24, 2.45) is 0 Å². The molecule has 1 atom stereocenters. The number of benzene rings is 1. The average molecular weight is 315 g/mol. The molecule has 0 aliphatic rings. The van der Waals surface area contributed by atoms with Crippen LogP contribution in [-0.4, -0.2) is 16.8 Å². The first-order valence-corrected chi connectivity index (χ1v) is 6.46. The van der Waals surface area contributed by atoms with E-state index in [0.29, 0.717) is 5.02 Å². The number of nitrogens with one attached hydrogen (secondary N) is 1. The first-order valence-electron chi connectivity index (χ1n) is 5.29. The van der Waals surface area contributed by atoms with Gasteiger partial charge in [-0.15, -0.1) is 0 Å². The normalized spacial score (nSPS) is 12.7. The van der Waals surface area contributed by atoms with Crippen LogP contribution >= 0.6 is 27.5 Å². The molecule has 0 bridgehead atoms. The van der Waals surface area contributed by atoms with Gasteiger partial charge in [0, 0.05) is 12.2 Å². The molecule has 1 aromatic carbocycles. The van der Waals surface area contributed by atoms with Gasteiger partial charge < -0.3 is 5.32 Å².